The van der Waals surface area contributed by atoms with Gasteiger partial charge in [0.2, 0.25) is 0 Å². The number of esters is 4. The molecule has 2 aliphatic rings. The molecule has 0 bridgehead atoms. The summed E-state index contributed by atoms with van der Waals surface area (Å²) < 4.78 is 34.8. The Bertz CT molecular complexity index is 1040. The van der Waals surface area contributed by atoms with E-state index in [1.54, 1.807) is 32.9 Å². The minimum atomic E-state index is -1.07. The topological polar surface area (TPSA) is 124 Å². The Labute approximate surface area is 264 Å². The molecule has 1 fully saturated rings. The number of thioether (sulfide) groups is 2. The summed E-state index contributed by atoms with van der Waals surface area (Å²) in [5.41, 5.74) is -0.621. The number of hydrogen-bond acceptors (Lipinski definition) is 12. The normalized spacial score (nSPS) is 27.0. The second kappa shape index (κ2) is 17.9. The number of ether oxygens (including phenoxy) is 6. The third-order valence-electron chi connectivity index (χ3n) is 6.39. The molecule has 10 nitrogen and oxygen atoms in total. The summed E-state index contributed by atoms with van der Waals surface area (Å²) in [4.78, 5) is 48.6. The molecule has 2 heterocycles. The summed E-state index contributed by atoms with van der Waals surface area (Å²) in [5.74, 6) is 5.90. The first kappa shape index (κ1) is 37.0. The smallest absolute Gasteiger partial charge is 0.311 e. The van der Waals surface area contributed by atoms with Crippen molar-refractivity contribution < 1.29 is 47.6 Å². The standard InChI is InChI=1S/C31H46O10S2/c1-9-42-26(43-10-2)17-16-25-28(38-20(4)33)29(39-21(5)34)27(37-19(3)32)24(41-25)13-11-12-22-14-15-23(18-36-22)40-30(35)31(6,7)8/h14-15,22-29H,9-10,13,16-18H2,1-8H3/t22-,23-,24+,25+,27+,28+,29+/m0/s1. The van der Waals surface area contributed by atoms with Crippen molar-refractivity contribution in [3.8, 4) is 11.8 Å². The fraction of sp³-hybridized carbons (Fsp3) is 0.742. The highest BCUT2D eigenvalue weighted by atomic mass is 32.2. The zero-order chi connectivity index (χ0) is 32.2. The molecular formula is C31H46O10S2. The predicted octanol–water partition coefficient (Wildman–Crippen LogP) is 4.47. The van der Waals surface area contributed by atoms with Crippen LogP contribution in [0.4, 0.5) is 0 Å². The second-order valence-corrected chi connectivity index (χ2v) is 14.5. The van der Waals surface area contributed by atoms with Gasteiger partial charge in [0, 0.05) is 27.2 Å². The summed E-state index contributed by atoms with van der Waals surface area (Å²) in [7, 11) is 0. The van der Waals surface area contributed by atoms with Crippen LogP contribution in [0.3, 0.4) is 0 Å². The van der Waals surface area contributed by atoms with Gasteiger partial charge in [0.15, 0.2) is 18.3 Å². The molecule has 43 heavy (non-hydrogen) atoms. The Kier molecular flexibility index (Phi) is 15.4. The average molecular weight is 643 g/mol. The first-order valence-electron chi connectivity index (χ1n) is 14.6. The van der Waals surface area contributed by atoms with Gasteiger partial charge in [-0.3, -0.25) is 19.2 Å². The molecule has 0 saturated carbocycles. The molecule has 0 aromatic carbocycles. The van der Waals surface area contributed by atoms with Gasteiger partial charge in [-0.15, -0.1) is 23.5 Å². The monoisotopic (exact) mass is 642 g/mol. The van der Waals surface area contributed by atoms with Crippen LogP contribution in [-0.4, -0.2) is 89.3 Å². The molecule has 1 saturated heterocycles. The van der Waals surface area contributed by atoms with Crippen molar-refractivity contribution in [1.82, 2.24) is 0 Å². The van der Waals surface area contributed by atoms with Gasteiger partial charge in [-0.05, 0) is 57.3 Å². The minimum absolute atomic E-state index is 0.131. The molecule has 0 aromatic rings. The van der Waals surface area contributed by atoms with Crippen molar-refractivity contribution >= 4 is 47.4 Å². The highest BCUT2D eigenvalue weighted by Crippen LogP contribution is 2.35. The zero-order valence-electron chi connectivity index (χ0n) is 26.4. The summed E-state index contributed by atoms with van der Waals surface area (Å²) in [5, 5.41) is 0. The largest absolute Gasteiger partial charge is 0.456 e. The van der Waals surface area contributed by atoms with Crippen LogP contribution in [0, 0.1) is 17.3 Å². The summed E-state index contributed by atoms with van der Waals surface area (Å²) >= 11 is 3.67. The number of carbonyl (C=O) groups excluding carboxylic acids is 4. The van der Waals surface area contributed by atoms with Crippen molar-refractivity contribution in [3.05, 3.63) is 12.2 Å². The molecule has 242 valence electrons. The number of hydrogen-bond donors (Lipinski definition) is 0. The van der Waals surface area contributed by atoms with Crippen LogP contribution in [0.2, 0.25) is 0 Å². The lowest BCUT2D eigenvalue weighted by Gasteiger charge is -2.44. The Morgan fingerprint density at radius 3 is 1.91 bits per heavy atom. The van der Waals surface area contributed by atoms with Crippen LogP contribution >= 0.6 is 23.5 Å². The molecule has 0 spiro atoms. The SMILES string of the molecule is CCSC(CC[C@H]1O[C@H](CC#C[C@H]2C=C[C@H](OC(=O)C(C)(C)C)CO2)[C@@H](OC(C)=O)[C@@H](OC(C)=O)[C@@H]1OC(C)=O)SCC. The maximum Gasteiger partial charge on any atom is 0.311 e. The number of carbonyl (C=O) groups is 4. The van der Waals surface area contributed by atoms with E-state index in [0.29, 0.717) is 11.0 Å². The molecule has 0 radical (unpaired) electrons. The van der Waals surface area contributed by atoms with Gasteiger partial charge in [-0.1, -0.05) is 25.7 Å². The fourth-order valence-electron chi connectivity index (χ4n) is 4.54. The van der Waals surface area contributed by atoms with Crippen LogP contribution in [0.25, 0.3) is 0 Å². The molecule has 12 heteroatoms. The molecule has 0 amide bonds. The zero-order valence-corrected chi connectivity index (χ0v) is 28.0. The average Bonchev–Trinajstić information content (AvgIpc) is 2.90. The van der Waals surface area contributed by atoms with E-state index in [1.807, 2.05) is 23.5 Å². The van der Waals surface area contributed by atoms with Crippen LogP contribution in [0.5, 0.6) is 0 Å². The lowest BCUT2D eigenvalue weighted by Crippen LogP contribution is -2.61. The van der Waals surface area contributed by atoms with Crippen LogP contribution < -0.4 is 0 Å². The van der Waals surface area contributed by atoms with Crippen LogP contribution in [0.15, 0.2) is 12.2 Å². The van der Waals surface area contributed by atoms with Gasteiger partial charge >= 0.3 is 23.9 Å². The third kappa shape index (κ3) is 12.7. The molecule has 0 N–H and O–H groups in total. The van der Waals surface area contributed by atoms with Crippen LogP contribution in [-0.2, 0) is 47.6 Å². The summed E-state index contributed by atoms with van der Waals surface area (Å²) in [6, 6.07) is 0. The van der Waals surface area contributed by atoms with Gasteiger partial charge in [-0.2, -0.15) is 0 Å². The van der Waals surface area contributed by atoms with Crippen molar-refractivity contribution in [2.75, 3.05) is 18.1 Å². The van der Waals surface area contributed by atoms with Gasteiger partial charge in [-0.25, -0.2) is 0 Å². The van der Waals surface area contributed by atoms with E-state index in [-0.39, 0.29) is 19.0 Å². The van der Waals surface area contributed by atoms with Gasteiger partial charge in [0.25, 0.3) is 0 Å². The summed E-state index contributed by atoms with van der Waals surface area (Å²) in [6.07, 6.45) is -0.600. The van der Waals surface area contributed by atoms with Gasteiger partial charge in [0.1, 0.15) is 18.3 Å². The Morgan fingerprint density at radius 1 is 0.860 bits per heavy atom. The lowest BCUT2D eigenvalue weighted by molar-refractivity contribution is -0.246. The van der Waals surface area contributed by atoms with Gasteiger partial charge < -0.3 is 28.4 Å². The highest BCUT2D eigenvalue weighted by molar-refractivity contribution is 8.16. The van der Waals surface area contributed by atoms with Crippen molar-refractivity contribution in [2.45, 2.75) is 122 Å². The van der Waals surface area contributed by atoms with E-state index in [0.717, 1.165) is 17.9 Å². The van der Waals surface area contributed by atoms with E-state index in [4.69, 9.17) is 28.4 Å². The van der Waals surface area contributed by atoms with Crippen molar-refractivity contribution in [3.63, 3.8) is 0 Å². The third-order valence-corrected chi connectivity index (χ3v) is 9.09. The van der Waals surface area contributed by atoms with Crippen molar-refractivity contribution in [1.29, 1.82) is 0 Å². The Morgan fingerprint density at radius 2 is 1.42 bits per heavy atom. The van der Waals surface area contributed by atoms with Gasteiger partial charge in [0.05, 0.1) is 22.7 Å². The molecule has 2 aliphatic heterocycles. The Hall–Kier alpha value is -2.20. The maximum atomic E-state index is 12.2. The maximum absolute atomic E-state index is 12.2. The van der Waals surface area contributed by atoms with E-state index in [1.165, 1.54) is 20.8 Å². The second-order valence-electron chi connectivity index (χ2n) is 11.2. The van der Waals surface area contributed by atoms with E-state index in [9.17, 15) is 19.2 Å². The molecule has 2 rings (SSSR count). The quantitative estimate of drug-likeness (QED) is 0.0981. The van der Waals surface area contributed by atoms with Crippen LogP contribution in [0.1, 0.15) is 74.7 Å². The fourth-order valence-corrected chi connectivity index (χ4v) is 7.09. The summed E-state index contributed by atoms with van der Waals surface area (Å²) in [6.45, 7) is 13.5. The molecule has 0 aliphatic carbocycles. The van der Waals surface area contributed by atoms with E-state index >= 15 is 0 Å². The first-order valence-corrected chi connectivity index (χ1v) is 16.7. The van der Waals surface area contributed by atoms with E-state index < -0.39 is 66.1 Å². The molecule has 7 atom stereocenters. The Balaban J connectivity index is 2.27. The van der Waals surface area contributed by atoms with E-state index in [2.05, 4.69) is 25.7 Å². The number of rotatable bonds is 12. The lowest BCUT2D eigenvalue weighted by atomic mass is 9.90. The first-order chi connectivity index (χ1) is 20.2. The molecular weight excluding hydrogens is 596 g/mol. The predicted molar refractivity (Wildman–Crippen MR) is 165 cm³/mol. The van der Waals surface area contributed by atoms with Crippen molar-refractivity contribution in [2.24, 2.45) is 5.41 Å². The molecule has 0 unspecified atom stereocenters. The minimum Gasteiger partial charge on any atom is -0.456 e. The molecule has 0 aromatic heterocycles. The highest BCUT2D eigenvalue weighted by Gasteiger charge is 2.51.